The first kappa shape index (κ1) is 6.81. The smallest absolute Gasteiger partial charge is 0.0873 e. The third kappa shape index (κ3) is 2.19. The molecule has 0 amide bonds. The maximum atomic E-state index is 5.22. The molecular formula is C8H14O. The first-order chi connectivity index (χ1) is 4.20. The van der Waals surface area contributed by atoms with Crippen molar-refractivity contribution >= 4 is 0 Å². The zero-order chi connectivity index (χ0) is 6.85. The summed E-state index contributed by atoms with van der Waals surface area (Å²) in [4.78, 5) is 0. The van der Waals surface area contributed by atoms with Gasteiger partial charge in [-0.2, -0.15) is 0 Å². The summed E-state index contributed by atoms with van der Waals surface area (Å²) in [5.41, 5.74) is 1.39. The van der Waals surface area contributed by atoms with Crippen molar-refractivity contribution in [1.29, 1.82) is 0 Å². The molecule has 1 aliphatic heterocycles. The van der Waals surface area contributed by atoms with Crippen molar-refractivity contribution in [3.63, 3.8) is 0 Å². The second kappa shape index (κ2) is 2.53. The minimum Gasteiger partial charge on any atom is -0.370 e. The van der Waals surface area contributed by atoms with E-state index in [1.165, 1.54) is 5.57 Å². The van der Waals surface area contributed by atoms with E-state index in [0.717, 1.165) is 6.42 Å². The molecule has 1 aliphatic rings. The van der Waals surface area contributed by atoms with Gasteiger partial charge in [0.25, 0.3) is 0 Å². The Morgan fingerprint density at radius 1 is 1.56 bits per heavy atom. The van der Waals surface area contributed by atoms with Gasteiger partial charge in [-0.1, -0.05) is 11.6 Å². The molecular weight excluding hydrogens is 112 g/mol. The highest BCUT2D eigenvalue weighted by atomic mass is 16.6. The zero-order valence-electron chi connectivity index (χ0n) is 6.35. The molecule has 0 aromatic rings. The van der Waals surface area contributed by atoms with E-state index in [-0.39, 0.29) is 0 Å². The van der Waals surface area contributed by atoms with Crippen molar-refractivity contribution in [2.24, 2.45) is 0 Å². The molecule has 0 radical (unpaired) electrons. The van der Waals surface area contributed by atoms with Gasteiger partial charge in [0.1, 0.15) is 0 Å². The molecule has 1 nitrogen and oxygen atoms in total. The van der Waals surface area contributed by atoms with Crippen molar-refractivity contribution < 1.29 is 4.74 Å². The van der Waals surface area contributed by atoms with Crippen LogP contribution in [0.2, 0.25) is 0 Å². The molecule has 1 saturated heterocycles. The van der Waals surface area contributed by atoms with Crippen LogP contribution < -0.4 is 0 Å². The van der Waals surface area contributed by atoms with Gasteiger partial charge < -0.3 is 4.74 Å². The number of rotatable bonds is 2. The van der Waals surface area contributed by atoms with Crippen molar-refractivity contribution in [3.8, 4) is 0 Å². The molecule has 0 aromatic heterocycles. The fourth-order valence-corrected chi connectivity index (χ4v) is 0.829. The summed E-state index contributed by atoms with van der Waals surface area (Å²) < 4.78 is 5.22. The van der Waals surface area contributed by atoms with Gasteiger partial charge in [0, 0.05) is 0 Å². The quantitative estimate of drug-likeness (QED) is 0.408. The molecule has 1 rings (SSSR count). The minimum absolute atomic E-state index is 0.514. The van der Waals surface area contributed by atoms with E-state index < -0.39 is 0 Å². The molecule has 1 fully saturated rings. The van der Waals surface area contributed by atoms with E-state index in [4.69, 9.17) is 4.74 Å². The molecule has 0 unspecified atom stereocenters. The lowest BCUT2D eigenvalue weighted by molar-refractivity contribution is 0.379. The standard InChI is InChI=1S/C8H14O/c1-6(2)4-5-8-7(3)9-8/h4,7-8H,5H2,1-3H3/t7-,8-/m1/s1. The van der Waals surface area contributed by atoms with Crippen molar-refractivity contribution in [1.82, 2.24) is 0 Å². The lowest BCUT2D eigenvalue weighted by Crippen LogP contribution is -1.85. The SMILES string of the molecule is CC(C)=CC[C@H]1O[C@@H]1C. The first-order valence-electron chi connectivity index (χ1n) is 3.49. The maximum Gasteiger partial charge on any atom is 0.0873 e. The van der Waals surface area contributed by atoms with E-state index in [1.807, 2.05) is 0 Å². The van der Waals surface area contributed by atoms with Crippen LogP contribution in [-0.4, -0.2) is 12.2 Å². The third-order valence-electron chi connectivity index (χ3n) is 1.59. The van der Waals surface area contributed by atoms with E-state index in [9.17, 15) is 0 Å². The Labute approximate surface area is 56.7 Å². The summed E-state index contributed by atoms with van der Waals surface area (Å²) in [7, 11) is 0. The van der Waals surface area contributed by atoms with Crippen LogP contribution in [0.1, 0.15) is 27.2 Å². The highest BCUT2D eigenvalue weighted by Crippen LogP contribution is 2.24. The number of ether oxygens (including phenoxy) is 1. The molecule has 1 heterocycles. The fraction of sp³-hybridized carbons (Fsp3) is 0.750. The van der Waals surface area contributed by atoms with Crippen LogP contribution in [-0.2, 0) is 4.74 Å². The lowest BCUT2D eigenvalue weighted by Gasteiger charge is -1.86. The molecule has 9 heavy (non-hydrogen) atoms. The van der Waals surface area contributed by atoms with Gasteiger partial charge in [-0.15, -0.1) is 0 Å². The Morgan fingerprint density at radius 2 is 2.11 bits per heavy atom. The largest absolute Gasteiger partial charge is 0.370 e. The molecule has 1 heteroatoms. The summed E-state index contributed by atoms with van der Waals surface area (Å²) >= 11 is 0. The molecule has 52 valence electrons. The van der Waals surface area contributed by atoms with Crippen molar-refractivity contribution in [2.75, 3.05) is 0 Å². The van der Waals surface area contributed by atoms with Crippen LogP contribution in [0, 0.1) is 0 Å². The Morgan fingerprint density at radius 3 is 2.44 bits per heavy atom. The highest BCUT2D eigenvalue weighted by Gasteiger charge is 2.32. The lowest BCUT2D eigenvalue weighted by atomic mass is 10.2. The summed E-state index contributed by atoms with van der Waals surface area (Å²) in [6, 6.07) is 0. The van der Waals surface area contributed by atoms with Crippen molar-refractivity contribution in [3.05, 3.63) is 11.6 Å². The summed E-state index contributed by atoms with van der Waals surface area (Å²) in [5.74, 6) is 0. The van der Waals surface area contributed by atoms with E-state index in [2.05, 4.69) is 26.8 Å². The van der Waals surface area contributed by atoms with E-state index in [1.54, 1.807) is 0 Å². The Bertz CT molecular complexity index is 123. The third-order valence-corrected chi connectivity index (χ3v) is 1.59. The summed E-state index contributed by atoms with van der Waals surface area (Å²) in [5, 5.41) is 0. The van der Waals surface area contributed by atoms with Crippen molar-refractivity contribution in [2.45, 2.75) is 39.4 Å². The normalized spacial score (nSPS) is 31.9. The van der Waals surface area contributed by atoms with Gasteiger partial charge in [0.2, 0.25) is 0 Å². The summed E-state index contributed by atoms with van der Waals surface area (Å²) in [6.45, 7) is 6.35. The van der Waals surface area contributed by atoms with Crippen LogP contribution in [0.3, 0.4) is 0 Å². The Balaban J connectivity index is 2.14. The van der Waals surface area contributed by atoms with Crippen LogP contribution in [0.4, 0.5) is 0 Å². The van der Waals surface area contributed by atoms with Gasteiger partial charge in [0.05, 0.1) is 12.2 Å². The van der Waals surface area contributed by atoms with Crippen LogP contribution >= 0.6 is 0 Å². The maximum absolute atomic E-state index is 5.22. The molecule has 0 bridgehead atoms. The van der Waals surface area contributed by atoms with Crippen LogP contribution in [0.5, 0.6) is 0 Å². The molecule has 0 aliphatic carbocycles. The Kier molecular flexibility index (Phi) is 1.91. The number of allylic oxidation sites excluding steroid dienone is 1. The number of hydrogen-bond acceptors (Lipinski definition) is 1. The van der Waals surface area contributed by atoms with E-state index in [0.29, 0.717) is 12.2 Å². The van der Waals surface area contributed by atoms with Gasteiger partial charge in [0.15, 0.2) is 0 Å². The van der Waals surface area contributed by atoms with Crippen LogP contribution in [0.25, 0.3) is 0 Å². The Hall–Kier alpha value is -0.300. The second-order valence-electron chi connectivity index (χ2n) is 2.90. The summed E-state index contributed by atoms with van der Waals surface area (Å²) in [6.07, 6.45) is 4.37. The second-order valence-corrected chi connectivity index (χ2v) is 2.90. The first-order valence-corrected chi connectivity index (χ1v) is 3.49. The van der Waals surface area contributed by atoms with Gasteiger partial charge in [-0.3, -0.25) is 0 Å². The predicted molar refractivity (Wildman–Crippen MR) is 38.4 cm³/mol. The van der Waals surface area contributed by atoms with Crippen LogP contribution in [0.15, 0.2) is 11.6 Å². The average Bonchev–Trinajstić information content (AvgIpc) is 2.42. The topological polar surface area (TPSA) is 12.5 Å². The van der Waals surface area contributed by atoms with Gasteiger partial charge in [-0.25, -0.2) is 0 Å². The minimum atomic E-state index is 0.514. The zero-order valence-corrected chi connectivity index (χ0v) is 6.35. The monoisotopic (exact) mass is 126 g/mol. The highest BCUT2D eigenvalue weighted by molar-refractivity contribution is 4.98. The predicted octanol–water partition coefficient (Wildman–Crippen LogP) is 2.13. The molecule has 0 aromatic carbocycles. The fourth-order valence-electron chi connectivity index (χ4n) is 0.829. The number of epoxide rings is 1. The number of hydrogen-bond donors (Lipinski definition) is 0. The molecule has 0 spiro atoms. The average molecular weight is 126 g/mol. The van der Waals surface area contributed by atoms with Gasteiger partial charge >= 0.3 is 0 Å². The molecule has 0 N–H and O–H groups in total. The van der Waals surface area contributed by atoms with Gasteiger partial charge in [-0.05, 0) is 27.2 Å². The molecule has 0 saturated carbocycles. The molecule has 2 atom stereocenters. The van der Waals surface area contributed by atoms with E-state index >= 15 is 0 Å².